The number of hydrogen-bond donors (Lipinski definition) is 1. The second kappa shape index (κ2) is 8.82. The van der Waals surface area contributed by atoms with E-state index in [9.17, 15) is 14.4 Å². The van der Waals surface area contributed by atoms with Crippen molar-refractivity contribution in [1.82, 2.24) is 15.1 Å². The Labute approximate surface area is 173 Å². The monoisotopic (exact) mass is 415 g/mol. The van der Waals surface area contributed by atoms with Crippen molar-refractivity contribution in [2.75, 3.05) is 26.2 Å². The Morgan fingerprint density at radius 1 is 1.00 bits per heavy atom. The molecule has 0 radical (unpaired) electrons. The summed E-state index contributed by atoms with van der Waals surface area (Å²) in [6.07, 6.45) is 4.59. The molecule has 8 heteroatoms. The van der Waals surface area contributed by atoms with Gasteiger partial charge in [-0.2, -0.15) is 0 Å². The number of carbonyl (C=O) groups is 3. The van der Waals surface area contributed by atoms with E-state index in [4.69, 9.17) is 4.42 Å². The van der Waals surface area contributed by atoms with Crippen LogP contribution in [0.3, 0.4) is 0 Å². The molecular weight excluding hydrogens is 390 g/mol. The summed E-state index contributed by atoms with van der Waals surface area (Å²) in [7, 11) is 0. The van der Waals surface area contributed by atoms with Gasteiger partial charge in [-0.25, -0.2) is 0 Å². The molecule has 4 rings (SSSR count). The summed E-state index contributed by atoms with van der Waals surface area (Å²) in [5.74, 6) is 0.113. The second-order valence-corrected chi connectivity index (χ2v) is 8.57. The fraction of sp³-hybridized carbons (Fsp3) is 0.476. The molecule has 0 aromatic carbocycles. The molecule has 1 atom stereocenters. The molecule has 2 fully saturated rings. The van der Waals surface area contributed by atoms with Crippen LogP contribution < -0.4 is 5.32 Å². The molecule has 1 N–H and O–H groups in total. The average molecular weight is 416 g/mol. The average Bonchev–Trinajstić information content (AvgIpc) is 3.47. The molecule has 7 nitrogen and oxygen atoms in total. The summed E-state index contributed by atoms with van der Waals surface area (Å²) in [5, 5.41) is 5.03. The summed E-state index contributed by atoms with van der Waals surface area (Å²) in [6, 6.07) is 7.13. The lowest BCUT2D eigenvalue weighted by Crippen LogP contribution is -2.50. The van der Waals surface area contributed by atoms with Gasteiger partial charge < -0.3 is 19.5 Å². The van der Waals surface area contributed by atoms with Gasteiger partial charge in [-0.05, 0) is 49.3 Å². The van der Waals surface area contributed by atoms with Gasteiger partial charge in [0.15, 0.2) is 5.76 Å². The van der Waals surface area contributed by atoms with Gasteiger partial charge in [-0.1, -0.05) is 6.07 Å². The van der Waals surface area contributed by atoms with Crippen LogP contribution in [0.15, 0.2) is 40.3 Å². The van der Waals surface area contributed by atoms with E-state index in [1.54, 1.807) is 21.9 Å². The van der Waals surface area contributed by atoms with Crippen molar-refractivity contribution in [2.45, 2.75) is 31.7 Å². The fourth-order valence-electron chi connectivity index (χ4n) is 4.03. The number of amides is 3. The van der Waals surface area contributed by atoms with Gasteiger partial charge in [-0.15, -0.1) is 11.3 Å². The summed E-state index contributed by atoms with van der Waals surface area (Å²) < 4.78 is 5.18. The van der Waals surface area contributed by atoms with Crippen molar-refractivity contribution in [3.8, 4) is 0 Å². The summed E-state index contributed by atoms with van der Waals surface area (Å²) in [6.45, 7) is 2.36. The van der Waals surface area contributed by atoms with E-state index in [2.05, 4.69) is 5.32 Å². The summed E-state index contributed by atoms with van der Waals surface area (Å²) in [4.78, 5) is 42.0. The van der Waals surface area contributed by atoms with Crippen LogP contribution in [0, 0.1) is 5.92 Å². The number of rotatable bonds is 4. The molecule has 0 bridgehead atoms. The highest BCUT2D eigenvalue weighted by Gasteiger charge is 2.31. The molecule has 3 amide bonds. The Morgan fingerprint density at radius 3 is 2.52 bits per heavy atom. The van der Waals surface area contributed by atoms with Crippen LogP contribution in [0.5, 0.6) is 0 Å². The smallest absolute Gasteiger partial charge is 0.289 e. The van der Waals surface area contributed by atoms with Crippen molar-refractivity contribution < 1.29 is 18.8 Å². The number of furan rings is 1. The maximum Gasteiger partial charge on any atom is 0.289 e. The van der Waals surface area contributed by atoms with Gasteiger partial charge in [0.25, 0.3) is 11.8 Å². The predicted octanol–water partition coefficient (Wildman–Crippen LogP) is 2.61. The van der Waals surface area contributed by atoms with Crippen LogP contribution in [0.2, 0.25) is 0 Å². The third-order valence-electron chi connectivity index (χ3n) is 5.67. The van der Waals surface area contributed by atoms with Gasteiger partial charge >= 0.3 is 0 Å². The molecule has 2 aliphatic rings. The maximum absolute atomic E-state index is 12.8. The molecule has 29 heavy (non-hydrogen) atoms. The Kier molecular flexibility index (Phi) is 5.99. The van der Waals surface area contributed by atoms with Crippen LogP contribution in [0.4, 0.5) is 0 Å². The Bertz CT molecular complexity index is 841. The van der Waals surface area contributed by atoms with Crippen LogP contribution in [-0.2, 0) is 4.79 Å². The van der Waals surface area contributed by atoms with E-state index >= 15 is 0 Å². The fourth-order valence-corrected chi connectivity index (χ4v) is 4.72. The van der Waals surface area contributed by atoms with Crippen LogP contribution in [-0.4, -0.2) is 59.7 Å². The van der Waals surface area contributed by atoms with Crippen LogP contribution in [0.1, 0.15) is 45.9 Å². The Balaban J connectivity index is 1.26. The zero-order valence-corrected chi connectivity index (χ0v) is 17.0. The molecule has 0 aliphatic carbocycles. The Morgan fingerprint density at radius 2 is 1.83 bits per heavy atom. The molecule has 2 aromatic heterocycles. The van der Waals surface area contributed by atoms with E-state index in [1.807, 2.05) is 17.5 Å². The number of likely N-dealkylation sites (tertiary alicyclic amines) is 2. The highest BCUT2D eigenvalue weighted by atomic mass is 32.1. The quantitative estimate of drug-likeness (QED) is 0.832. The summed E-state index contributed by atoms with van der Waals surface area (Å²) in [5.41, 5.74) is 0. The SMILES string of the molecule is O=C(NC1CCN(C(=O)c2ccco2)CC1)C1CCCN(C(=O)c2cccs2)C1. The third-order valence-corrected chi connectivity index (χ3v) is 6.53. The van der Waals surface area contributed by atoms with Crippen molar-refractivity contribution in [3.05, 3.63) is 46.5 Å². The van der Waals surface area contributed by atoms with Crippen molar-refractivity contribution in [1.29, 1.82) is 0 Å². The van der Waals surface area contributed by atoms with Crippen LogP contribution >= 0.6 is 11.3 Å². The first-order chi connectivity index (χ1) is 14.1. The normalized spacial score (nSPS) is 20.5. The topological polar surface area (TPSA) is 82.9 Å². The molecule has 154 valence electrons. The minimum Gasteiger partial charge on any atom is -0.459 e. The first kappa shape index (κ1) is 19.7. The van der Waals surface area contributed by atoms with E-state index in [0.29, 0.717) is 31.9 Å². The molecule has 2 saturated heterocycles. The minimum absolute atomic E-state index is 0.0160. The lowest BCUT2D eigenvalue weighted by atomic mass is 9.95. The van der Waals surface area contributed by atoms with Gasteiger partial charge in [-0.3, -0.25) is 14.4 Å². The molecule has 2 aromatic rings. The molecule has 4 heterocycles. The largest absolute Gasteiger partial charge is 0.459 e. The number of hydrogen-bond acceptors (Lipinski definition) is 5. The predicted molar refractivity (Wildman–Crippen MR) is 109 cm³/mol. The van der Waals surface area contributed by atoms with Gasteiger partial charge in [0.1, 0.15) is 0 Å². The van der Waals surface area contributed by atoms with Crippen molar-refractivity contribution in [3.63, 3.8) is 0 Å². The van der Waals surface area contributed by atoms with Gasteiger partial charge in [0, 0.05) is 32.2 Å². The number of piperidine rings is 2. The van der Waals surface area contributed by atoms with Gasteiger partial charge in [0.2, 0.25) is 5.91 Å². The second-order valence-electron chi connectivity index (χ2n) is 7.62. The Hall–Kier alpha value is -2.61. The van der Waals surface area contributed by atoms with Gasteiger partial charge in [0.05, 0.1) is 17.1 Å². The number of nitrogens with one attached hydrogen (secondary N) is 1. The van der Waals surface area contributed by atoms with E-state index in [1.165, 1.54) is 17.6 Å². The molecule has 0 saturated carbocycles. The zero-order chi connectivity index (χ0) is 20.2. The number of carbonyl (C=O) groups excluding carboxylic acids is 3. The first-order valence-corrected chi connectivity index (χ1v) is 11.0. The lowest BCUT2D eigenvalue weighted by molar-refractivity contribution is -0.127. The highest BCUT2D eigenvalue weighted by Crippen LogP contribution is 2.22. The maximum atomic E-state index is 12.8. The molecule has 1 unspecified atom stereocenters. The van der Waals surface area contributed by atoms with E-state index in [-0.39, 0.29) is 29.7 Å². The third kappa shape index (κ3) is 4.53. The number of nitrogens with zero attached hydrogens (tertiary/aromatic N) is 2. The van der Waals surface area contributed by atoms with Crippen molar-refractivity contribution in [2.24, 2.45) is 5.92 Å². The minimum atomic E-state index is -0.171. The molecule has 0 spiro atoms. The van der Waals surface area contributed by atoms with Crippen molar-refractivity contribution >= 4 is 29.1 Å². The van der Waals surface area contributed by atoms with E-state index < -0.39 is 0 Å². The first-order valence-electron chi connectivity index (χ1n) is 10.1. The summed E-state index contributed by atoms with van der Waals surface area (Å²) >= 11 is 1.43. The molecular formula is C21H25N3O4S. The number of thiophene rings is 1. The standard InChI is InChI=1S/C21H25N3O4S/c25-19(15-4-1-9-24(14-15)21(27)18-6-3-13-29-18)22-16-7-10-23(11-8-16)20(26)17-5-2-12-28-17/h2-3,5-6,12-13,15-16H,1,4,7-11,14H2,(H,22,25). The van der Waals surface area contributed by atoms with E-state index in [0.717, 1.165) is 30.6 Å². The van der Waals surface area contributed by atoms with Crippen LogP contribution in [0.25, 0.3) is 0 Å². The molecule has 2 aliphatic heterocycles. The highest BCUT2D eigenvalue weighted by molar-refractivity contribution is 7.12. The lowest BCUT2D eigenvalue weighted by Gasteiger charge is -2.35. The zero-order valence-electron chi connectivity index (χ0n) is 16.2.